The Balaban J connectivity index is 1.34. The van der Waals surface area contributed by atoms with Gasteiger partial charge in [-0.15, -0.1) is 0 Å². The number of piperazine rings is 1. The fourth-order valence-corrected chi connectivity index (χ4v) is 6.11. The van der Waals surface area contributed by atoms with Gasteiger partial charge in [-0.25, -0.2) is 12.8 Å². The van der Waals surface area contributed by atoms with Gasteiger partial charge in [0.25, 0.3) is 5.91 Å². The summed E-state index contributed by atoms with van der Waals surface area (Å²) in [5.74, 6) is -1.26. The monoisotopic (exact) mass is 602 g/mol. The molecule has 40 heavy (non-hydrogen) atoms. The van der Waals surface area contributed by atoms with Crippen LogP contribution in [0.2, 0.25) is 10.2 Å². The van der Waals surface area contributed by atoms with Gasteiger partial charge in [-0.1, -0.05) is 47.5 Å². The standard InChI is InChI=1S/C28H25Cl2FN4O4S/c1-40(38,39)24-16-19(31)8-10-23(24)33-11-13-34(14-12-33)25(36)17-35(20-5-3-2-4-6-20)28(37)18-7-9-21-22(15-18)32-27(30)26(21)29/h2-10,15-16,32H,11-14,17H2,1H3. The highest BCUT2D eigenvalue weighted by Gasteiger charge is 2.28. The highest BCUT2D eigenvalue weighted by molar-refractivity contribution is 7.90. The third-order valence-corrected chi connectivity index (χ3v) is 8.74. The molecule has 2 heterocycles. The van der Waals surface area contributed by atoms with Gasteiger partial charge in [-0.2, -0.15) is 0 Å². The van der Waals surface area contributed by atoms with Crippen molar-refractivity contribution in [3.05, 3.63) is 88.3 Å². The van der Waals surface area contributed by atoms with Gasteiger partial charge >= 0.3 is 0 Å². The predicted octanol–water partition coefficient (Wildman–Crippen LogP) is 5.01. The fourth-order valence-electron chi connectivity index (χ4n) is 4.79. The number of hydrogen-bond acceptors (Lipinski definition) is 5. The first-order chi connectivity index (χ1) is 19.0. The largest absolute Gasteiger partial charge is 0.367 e. The second-order valence-corrected chi connectivity index (χ2v) is 12.2. The van der Waals surface area contributed by atoms with Crippen LogP contribution in [0.25, 0.3) is 10.9 Å². The Morgan fingerprint density at radius 1 is 0.975 bits per heavy atom. The molecule has 1 N–H and O–H groups in total. The highest BCUT2D eigenvalue weighted by Crippen LogP contribution is 2.32. The Bertz CT molecular complexity index is 1700. The van der Waals surface area contributed by atoms with Crippen LogP contribution in [0.15, 0.2) is 71.6 Å². The van der Waals surface area contributed by atoms with Crippen molar-refractivity contribution < 1.29 is 22.4 Å². The molecule has 1 saturated heterocycles. The second-order valence-electron chi connectivity index (χ2n) is 9.49. The van der Waals surface area contributed by atoms with Crippen molar-refractivity contribution in [1.82, 2.24) is 9.88 Å². The van der Waals surface area contributed by atoms with Crippen LogP contribution in [-0.2, 0) is 14.6 Å². The number of H-pyrrole nitrogens is 1. The number of anilines is 2. The summed E-state index contributed by atoms with van der Waals surface area (Å²) in [5.41, 5.74) is 1.92. The normalized spacial score (nSPS) is 14.0. The van der Waals surface area contributed by atoms with E-state index in [1.54, 1.807) is 47.4 Å². The Morgan fingerprint density at radius 2 is 1.68 bits per heavy atom. The molecule has 3 aromatic carbocycles. The second kappa shape index (κ2) is 11.1. The van der Waals surface area contributed by atoms with Crippen LogP contribution in [0.3, 0.4) is 0 Å². The lowest BCUT2D eigenvalue weighted by Gasteiger charge is -2.37. The molecule has 208 valence electrons. The summed E-state index contributed by atoms with van der Waals surface area (Å²) in [5, 5.41) is 1.33. The minimum absolute atomic E-state index is 0.0882. The van der Waals surface area contributed by atoms with Gasteiger partial charge in [-0.05, 0) is 42.5 Å². The van der Waals surface area contributed by atoms with E-state index in [0.29, 0.717) is 59.0 Å². The topological polar surface area (TPSA) is 93.8 Å². The van der Waals surface area contributed by atoms with Crippen LogP contribution in [0, 0.1) is 5.82 Å². The van der Waals surface area contributed by atoms with E-state index in [9.17, 15) is 22.4 Å². The zero-order valence-electron chi connectivity index (χ0n) is 21.4. The summed E-state index contributed by atoms with van der Waals surface area (Å²) in [7, 11) is -3.66. The van der Waals surface area contributed by atoms with Crippen molar-refractivity contribution in [2.45, 2.75) is 4.90 Å². The molecule has 0 saturated carbocycles. The van der Waals surface area contributed by atoms with E-state index >= 15 is 0 Å². The number of amides is 2. The van der Waals surface area contributed by atoms with E-state index in [-0.39, 0.29) is 28.4 Å². The molecule has 12 heteroatoms. The first-order valence-electron chi connectivity index (χ1n) is 12.4. The highest BCUT2D eigenvalue weighted by atomic mass is 35.5. The Kier molecular flexibility index (Phi) is 7.76. The van der Waals surface area contributed by atoms with Crippen LogP contribution in [0.5, 0.6) is 0 Å². The lowest BCUT2D eigenvalue weighted by atomic mass is 10.1. The van der Waals surface area contributed by atoms with Gasteiger partial charge in [0.05, 0.1) is 15.6 Å². The molecule has 1 aromatic heterocycles. The van der Waals surface area contributed by atoms with E-state index < -0.39 is 15.7 Å². The molecule has 1 aliphatic heterocycles. The Labute approximate surface area is 240 Å². The van der Waals surface area contributed by atoms with E-state index in [2.05, 4.69) is 4.98 Å². The van der Waals surface area contributed by atoms with Crippen molar-refractivity contribution in [2.75, 3.05) is 48.8 Å². The van der Waals surface area contributed by atoms with E-state index in [0.717, 1.165) is 12.3 Å². The molecule has 1 fully saturated rings. The number of carbonyl (C=O) groups excluding carboxylic acids is 2. The SMILES string of the molecule is CS(=O)(=O)c1cc(F)ccc1N1CCN(C(=O)CN(C(=O)c2ccc3c(Cl)c(Cl)[nH]c3c2)c2ccccc2)CC1. The summed E-state index contributed by atoms with van der Waals surface area (Å²) in [6.07, 6.45) is 1.04. The first kappa shape index (κ1) is 27.9. The molecule has 1 aliphatic rings. The molecule has 0 bridgehead atoms. The predicted molar refractivity (Wildman–Crippen MR) is 155 cm³/mol. The van der Waals surface area contributed by atoms with Gasteiger partial charge in [0.15, 0.2) is 9.84 Å². The lowest BCUT2D eigenvalue weighted by molar-refractivity contribution is -0.129. The van der Waals surface area contributed by atoms with Crippen molar-refractivity contribution in [2.24, 2.45) is 0 Å². The van der Waals surface area contributed by atoms with Gasteiger partial charge in [0.2, 0.25) is 5.91 Å². The maximum Gasteiger partial charge on any atom is 0.258 e. The number of carbonyl (C=O) groups is 2. The van der Waals surface area contributed by atoms with Crippen molar-refractivity contribution in [3.8, 4) is 0 Å². The molecule has 0 atom stereocenters. The summed E-state index contributed by atoms with van der Waals surface area (Å²) in [6.45, 7) is 1.12. The average Bonchev–Trinajstić information content (AvgIpc) is 3.23. The molecule has 5 rings (SSSR count). The van der Waals surface area contributed by atoms with E-state index in [1.165, 1.54) is 17.0 Å². The van der Waals surface area contributed by atoms with Crippen molar-refractivity contribution >= 4 is 67.1 Å². The minimum Gasteiger partial charge on any atom is -0.367 e. The molecular formula is C28H25Cl2FN4O4S. The first-order valence-corrected chi connectivity index (χ1v) is 15.0. The molecule has 8 nitrogen and oxygen atoms in total. The number of nitrogens with one attached hydrogen (secondary N) is 1. The quantitative estimate of drug-likeness (QED) is 0.335. The summed E-state index contributed by atoms with van der Waals surface area (Å²) in [6, 6.07) is 17.6. The van der Waals surface area contributed by atoms with E-state index in [1.807, 2.05) is 11.0 Å². The number of nitrogens with zero attached hydrogens (tertiary/aromatic N) is 3. The van der Waals surface area contributed by atoms with Crippen molar-refractivity contribution in [1.29, 1.82) is 0 Å². The number of aromatic amines is 1. The Morgan fingerprint density at radius 3 is 2.35 bits per heavy atom. The minimum atomic E-state index is -3.66. The third-order valence-electron chi connectivity index (χ3n) is 6.84. The summed E-state index contributed by atoms with van der Waals surface area (Å²) in [4.78, 5) is 34.8. The van der Waals surface area contributed by atoms with Crippen LogP contribution < -0.4 is 9.80 Å². The molecule has 0 spiro atoms. The fraction of sp³-hybridized carbons (Fsp3) is 0.214. The number of aromatic nitrogens is 1. The lowest BCUT2D eigenvalue weighted by Crippen LogP contribution is -2.52. The van der Waals surface area contributed by atoms with Gasteiger partial charge < -0.3 is 14.8 Å². The average molecular weight is 604 g/mol. The molecule has 2 amide bonds. The number of rotatable bonds is 6. The number of benzene rings is 3. The number of halogens is 3. The van der Waals surface area contributed by atoms with Crippen LogP contribution in [0.1, 0.15) is 10.4 Å². The molecule has 4 aromatic rings. The molecular weight excluding hydrogens is 578 g/mol. The van der Waals surface area contributed by atoms with Crippen LogP contribution in [-0.4, -0.2) is 69.1 Å². The maximum absolute atomic E-state index is 13.8. The van der Waals surface area contributed by atoms with Gasteiger partial charge in [-0.3, -0.25) is 14.5 Å². The molecule has 0 aliphatic carbocycles. The van der Waals surface area contributed by atoms with Crippen LogP contribution >= 0.6 is 23.2 Å². The third kappa shape index (κ3) is 5.65. The van der Waals surface area contributed by atoms with E-state index in [4.69, 9.17) is 23.2 Å². The number of fused-ring (bicyclic) bond motifs is 1. The number of para-hydroxylation sites is 1. The zero-order chi connectivity index (χ0) is 28.6. The van der Waals surface area contributed by atoms with Crippen molar-refractivity contribution in [3.63, 3.8) is 0 Å². The maximum atomic E-state index is 13.8. The number of hydrogen-bond donors (Lipinski definition) is 1. The molecule has 0 radical (unpaired) electrons. The van der Waals surface area contributed by atoms with Crippen LogP contribution in [0.4, 0.5) is 15.8 Å². The molecule has 0 unspecified atom stereocenters. The number of sulfone groups is 1. The Hall–Kier alpha value is -3.60. The summed E-state index contributed by atoms with van der Waals surface area (Å²) < 4.78 is 38.3. The zero-order valence-corrected chi connectivity index (χ0v) is 23.7. The smallest absolute Gasteiger partial charge is 0.258 e. The van der Waals surface area contributed by atoms with Gasteiger partial charge in [0, 0.05) is 54.6 Å². The van der Waals surface area contributed by atoms with Gasteiger partial charge in [0.1, 0.15) is 17.5 Å². The summed E-state index contributed by atoms with van der Waals surface area (Å²) >= 11 is 12.3.